The average Bonchev–Trinajstić information content (AvgIpc) is 2.45. The van der Waals surface area contributed by atoms with Crippen LogP contribution in [0.25, 0.3) is 0 Å². The van der Waals surface area contributed by atoms with Gasteiger partial charge >= 0.3 is 6.09 Å². The van der Waals surface area contributed by atoms with Gasteiger partial charge in [-0.25, -0.2) is 4.79 Å². The number of hydrogen-bond donors (Lipinski definition) is 1. The zero-order valence-electron chi connectivity index (χ0n) is 14.5. The van der Waals surface area contributed by atoms with Gasteiger partial charge in [-0.15, -0.1) is 0 Å². The number of anilines is 1. The maximum absolute atomic E-state index is 12.2. The molecule has 0 aliphatic heterocycles. The molecule has 0 spiro atoms. The van der Waals surface area contributed by atoms with Crippen LogP contribution in [0, 0.1) is 0 Å². The van der Waals surface area contributed by atoms with Crippen LogP contribution >= 0.6 is 0 Å². The Kier molecular flexibility index (Phi) is 6.88. The van der Waals surface area contributed by atoms with Crippen molar-refractivity contribution in [3.8, 4) is 5.75 Å². The van der Waals surface area contributed by atoms with Crippen LogP contribution in [0.4, 0.5) is 10.5 Å². The maximum atomic E-state index is 12.2. The molecule has 6 heteroatoms. The molecule has 0 bridgehead atoms. The molecule has 0 aliphatic carbocycles. The number of hydrogen-bond acceptors (Lipinski definition) is 4. The highest BCUT2D eigenvalue weighted by Crippen LogP contribution is 2.22. The fourth-order valence-corrected chi connectivity index (χ4v) is 1.94. The molecule has 0 aliphatic rings. The Bertz CT molecular complexity index is 538. The van der Waals surface area contributed by atoms with Gasteiger partial charge in [0.15, 0.2) is 0 Å². The largest absolute Gasteiger partial charge is 0.495 e. The first-order valence-corrected chi connectivity index (χ1v) is 7.67. The van der Waals surface area contributed by atoms with E-state index in [1.165, 1.54) is 12.0 Å². The number of methoxy groups -OCH3 is 1. The van der Waals surface area contributed by atoms with E-state index < -0.39 is 11.7 Å². The van der Waals surface area contributed by atoms with Crippen molar-refractivity contribution in [1.29, 1.82) is 0 Å². The zero-order chi connectivity index (χ0) is 17.5. The zero-order valence-corrected chi connectivity index (χ0v) is 14.5. The van der Waals surface area contributed by atoms with E-state index in [4.69, 9.17) is 9.47 Å². The standard InChI is InChI=1S/C17H26N2O4/c1-6-11-19(16(21)23-17(2,3)4)12-15(20)18-13-9-7-8-10-14(13)22-5/h7-10H,6,11-12H2,1-5H3,(H,18,20). The number of nitrogens with zero attached hydrogens (tertiary/aromatic N) is 1. The Morgan fingerprint density at radius 1 is 1.22 bits per heavy atom. The highest BCUT2D eigenvalue weighted by molar-refractivity contribution is 5.95. The second-order valence-corrected chi connectivity index (χ2v) is 6.15. The molecule has 0 aromatic heterocycles. The van der Waals surface area contributed by atoms with Crippen LogP contribution in [-0.4, -0.2) is 42.7 Å². The van der Waals surface area contributed by atoms with Crippen LogP contribution < -0.4 is 10.1 Å². The van der Waals surface area contributed by atoms with Crippen molar-refractivity contribution in [2.24, 2.45) is 0 Å². The average molecular weight is 322 g/mol. The topological polar surface area (TPSA) is 67.9 Å². The van der Waals surface area contributed by atoms with Gasteiger partial charge in [0, 0.05) is 6.54 Å². The molecule has 0 radical (unpaired) electrons. The lowest BCUT2D eigenvalue weighted by molar-refractivity contribution is -0.117. The number of carbonyl (C=O) groups is 2. The second-order valence-electron chi connectivity index (χ2n) is 6.15. The number of ether oxygens (including phenoxy) is 2. The van der Waals surface area contributed by atoms with Gasteiger partial charge in [0.1, 0.15) is 17.9 Å². The monoisotopic (exact) mass is 322 g/mol. The first-order chi connectivity index (χ1) is 10.8. The van der Waals surface area contributed by atoms with Gasteiger partial charge in [-0.2, -0.15) is 0 Å². The van der Waals surface area contributed by atoms with Crippen LogP contribution in [0.5, 0.6) is 5.75 Å². The van der Waals surface area contributed by atoms with Crippen LogP contribution in [0.2, 0.25) is 0 Å². The van der Waals surface area contributed by atoms with E-state index in [1.807, 2.05) is 13.0 Å². The smallest absolute Gasteiger partial charge is 0.410 e. The summed E-state index contributed by atoms with van der Waals surface area (Å²) in [6, 6.07) is 7.12. The highest BCUT2D eigenvalue weighted by atomic mass is 16.6. The van der Waals surface area contributed by atoms with Gasteiger partial charge in [0.25, 0.3) is 0 Å². The van der Waals surface area contributed by atoms with Crippen molar-refractivity contribution in [2.75, 3.05) is 25.5 Å². The van der Waals surface area contributed by atoms with Gasteiger partial charge in [0.2, 0.25) is 5.91 Å². The first-order valence-electron chi connectivity index (χ1n) is 7.67. The van der Waals surface area contributed by atoms with Gasteiger partial charge < -0.3 is 14.8 Å². The summed E-state index contributed by atoms with van der Waals surface area (Å²) in [5.41, 5.74) is -0.0250. The molecular weight excluding hydrogens is 296 g/mol. The van der Waals surface area contributed by atoms with E-state index in [9.17, 15) is 9.59 Å². The molecular formula is C17H26N2O4. The van der Waals surface area contributed by atoms with Gasteiger partial charge in [-0.3, -0.25) is 9.69 Å². The van der Waals surface area contributed by atoms with Crippen molar-refractivity contribution < 1.29 is 19.1 Å². The molecule has 0 saturated carbocycles. The van der Waals surface area contributed by atoms with E-state index in [-0.39, 0.29) is 12.5 Å². The summed E-state index contributed by atoms with van der Waals surface area (Å²) in [4.78, 5) is 25.8. The molecule has 0 saturated heterocycles. The third-order valence-corrected chi connectivity index (χ3v) is 2.86. The molecule has 2 amide bonds. The Hall–Kier alpha value is -2.24. The second kappa shape index (κ2) is 8.41. The normalized spacial score (nSPS) is 10.8. The number of para-hydroxylation sites is 2. The van der Waals surface area contributed by atoms with Crippen LogP contribution in [0.1, 0.15) is 34.1 Å². The lowest BCUT2D eigenvalue weighted by Crippen LogP contribution is -2.41. The van der Waals surface area contributed by atoms with E-state index in [1.54, 1.807) is 39.0 Å². The van der Waals surface area contributed by atoms with Gasteiger partial charge in [-0.1, -0.05) is 19.1 Å². The molecule has 6 nitrogen and oxygen atoms in total. The maximum Gasteiger partial charge on any atom is 0.410 e. The van der Waals surface area contributed by atoms with E-state index in [0.717, 1.165) is 6.42 Å². The Labute approximate surface area is 137 Å². The lowest BCUT2D eigenvalue weighted by Gasteiger charge is -2.26. The van der Waals surface area contributed by atoms with Crippen molar-refractivity contribution in [3.05, 3.63) is 24.3 Å². The van der Waals surface area contributed by atoms with Crippen molar-refractivity contribution in [1.82, 2.24) is 4.90 Å². The summed E-state index contributed by atoms with van der Waals surface area (Å²) in [5, 5.41) is 2.75. The number of benzene rings is 1. The minimum atomic E-state index is -0.595. The predicted molar refractivity (Wildman–Crippen MR) is 89.7 cm³/mol. The quantitative estimate of drug-likeness (QED) is 0.872. The molecule has 0 fully saturated rings. The molecule has 0 atom stereocenters. The third kappa shape index (κ3) is 6.59. The fraction of sp³-hybridized carbons (Fsp3) is 0.529. The number of rotatable bonds is 6. The lowest BCUT2D eigenvalue weighted by atomic mass is 10.2. The predicted octanol–water partition coefficient (Wildman–Crippen LogP) is 3.28. The number of nitrogens with one attached hydrogen (secondary N) is 1. The van der Waals surface area contributed by atoms with Gasteiger partial charge in [0.05, 0.1) is 12.8 Å². The summed E-state index contributed by atoms with van der Waals surface area (Å²) >= 11 is 0. The van der Waals surface area contributed by atoms with Crippen molar-refractivity contribution in [3.63, 3.8) is 0 Å². The minimum absolute atomic E-state index is 0.0686. The molecule has 1 rings (SSSR count). The minimum Gasteiger partial charge on any atom is -0.495 e. The van der Waals surface area contributed by atoms with Crippen LogP contribution in [0.3, 0.4) is 0 Å². The molecule has 1 aromatic rings. The van der Waals surface area contributed by atoms with E-state index in [2.05, 4.69) is 5.32 Å². The van der Waals surface area contributed by atoms with Gasteiger partial charge in [-0.05, 0) is 39.3 Å². The summed E-state index contributed by atoms with van der Waals surface area (Å²) < 4.78 is 10.5. The van der Waals surface area contributed by atoms with Crippen molar-refractivity contribution >= 4 is 17.7 Å². The SMILES string of the molecule is CCCN(CC(=O)Nc1ccccc1OC)C(=O)OC(C)(C)C. The third-order valence-electron chi connectivity index (χ3n) is 2.86. The van der Waals surface area contributed by atoms with E-state index in [0.29, 0.717) is 18.0 Å². The molecule has 23 heavy (non-hydrogen) atoms. The Morgan fingerprint density at radius 2 is 1.87 bits per heavy atom. The Balaban J connectivity index is 2.72. The van der Waals surface area contributed by atoms with E-state index >= 15 is 0 Å². The van der Waals surface area contributed by atoms with Crippen LogP contribution in [-0.2, 0) is 9.53 Å². The summed E-state index contributed by atoms with van der Waals surface area (Å²) in [7, 11) is 1.54. The fourth-order valence-electron chi connectivity index (χ4n) is 1.94. The first kappa shape index (κ1) is 18.8. The molecule has 0 heterocycles. The summed E-state index contributed by atoms with van der Waals surface area (Å²) in [6.07, 6.45) is 0.246. The molecule has 128 valence electrons. The Morgan fingerprint density at radius 3 is 2.43 bits per heavy atom. The summed E-state index contributed by atoms with van der Waals surface area (Å²) in [6.45, 7) is 7.71. The highest BCUT2D eigenvalue weighted by Gasteiger charge is 2.23. The molecule has 0 unspecified atom stereocenters. The van der Waals surface area contributed by atoms with Crippen molar-refractivity contribution in [2.45, 2.75) is 39.7 Å². The molecule has 1 N–H and O–H groups in total. The molecule has 1 aromatic carbocycles. The summed E-state index contributed by atoms with van der Waals surface area (Å²) in [5.74, 6) is 0.272. The van der Waals surface area contributed by atoms with Crippen LogP contribution in [0.15, 0.2) is 24.3 Å². The number of amides is 2. The number of carbonyl (C=O) groups excluding carboxylic acids is 2.